The second kappa shape index (κ2) is 2.97. The average Bonchev–Trinajstić information content (AvgIpc) is 2.48. The van der Waals surface area contributed by atoms with Gasteiger partial charge in [0, 0.05) is 0 Å². The van der Waals surface area contributed by atoms with E-state index in [9.17, 15) is 4.79 Å². The standard InChI is InChI=1S/C8H4ClNO2S/c9-5-2-6-7(13-3-10-6)1-4(5)8(11)12/h1-3H,(H,11,12). The van der Waals surface area contributed by atoms with Crippen LogP contribution in [0.15, 0.2) is 17.6 Å². The highest BCUT2D eigenvalue weighted by atomic mass is 35.5. The normalized spacial score (nSPS) is 10.5. The number of rotatable bonds is 1. The molecule has 0 aliphatic rings. The van der Waals surface area contributed by atoms with Crippen molar-refractivity contribution in [3.63, 3.8) is 0 Å². The van der Waals surface area contributed by atoms with Gasteiger partial charge in [-0.2, -0.15) is 0 Å². The Morgan fingerprint density at radius 3 is 3.00 bits per heavy atom. The molecule has 2 rings (SSSR count). The van der Waals surface area contributed by atoms with Gasteiger partial charge in [0.05, 0.1) is 26.3 Å². The SMILES string of the molecule is O=C(O)c1cc2scnc2cc1Cl. The molecule has 0 bridgehead atoms. The molecule has 2 aromatic rings. The maximum atomic E-state index is 10.7. The van der Waals surface area contributed by atoms with Crippen LogP contribution < -0.4 is 0 Å². The zero-order valence-electron chi connectivity index (χ0n) is 6.32. The predicted octanol–water partition coefficient (Wildman–Crippen LogP) is 2.65. The smallest absolute Gasteiger partial charge is 0.337 e. The molecular formula is C8H4ClNO2S. The van der Waals surface area contributed by atoms with Crippen molar-refractivity contribution in [2.75, 3.05) is 0 Å². The average molecular weight is 214 g/mol. The lowest BCUT2D eigenvalue weighted by molar-refractivity contribution is 0.0697. The van der Waals surface area contributed by atoms with Crippen molar-refractivity contribution in [3.8, 4) is 0 Å². The first kappa shape index (κ1) is 8.47. The summed E-state index contributed by atoms with van der Waals surface area (Å²) in [6.45, 7) is 0. The number of carboxylic acids is 1. The second-order valence-electron chi connectivity index (χ2n) is 2.46. The van der Waals surface area contributed by atoms with Gasteiger partial charge in [-0.15, -0.1) is 11.3 Å². The molecule has 0 amide bonds. The van der Waals surface area contributed by atoms with Crippen molar-refractivity contribution < 1.29 is 9.90 Å². The van der Waals surface area contributed by atoms with Gasteiger partial charge in [-0.25, -0.2) is 9.78 Å². The van der Waals surface area contributed by atoms with Gasteiger partial charge < -0.3 is 5.11 Å². The van der Waals surface area contributed by atoms with Crippen molar-refractivity contribution in [3.05, 3.63) is 28.2 Å². The van der Waals surface area contributed by atoms with Crippen molar-refractivity contribution in [1.82, 2.24) is 4.98 Å². The highest BCUT2D eigenvalue weighted by molar-refractivity contribution is 7.16. The van der Waals surface area contributed by atoms with Crippen LogP contribution >= 0.6 is 22.9 Å². The molecule has 0 unspecified atom stereocenters. The summed E-state index contributed by atoms with van der Waals surface area (Å²) in [6.07, 6.45) is 0. The van der Waals surface area contributed by atoms with Gasteiger partial charge in [-0.3, -0.25) is 0 Å². The number of nitrogens with zero attached hydrogens (tertiary/aromatic N) is 1. The maximum Gasteiger partial charge on any atom is 0.337 e. The Labute approximate surface area is 82.6 Å². The Morgan fingerprint density at radius 1 is 1.54 bits per heavy atom. The Balaban J connectivity index is 2.76. The van der Waals surface area contributed by atoms with Gasteiger partial charge in [0.2, 0.25) is 0 Å². The van der Waals surface area contributed by atoms with E-state index in [1.54, 1.807) is 11.6 Å². The van der Waals surface area contributed by atoms with Crippen LogP contribution in [0.2, 0.25) is 5.02 Å². The molecule has 0 aliphatic heterocycles. The number of carboxylic acid groups (broad SMARTS) is 1. The van der Waals surface area contributed by atoms with Crippen LogP contribution in [-0.2, 0) is 0 Å². The Bertz CT molecular complexity index is 480. The van der Waals surface area contributed by atoms with Crippen molar-refractivity contribution >= 4 is 39.1 Å². The van der Waals surface area contributed by atoms with Crippen molar-refractivity contribution in [2.45, 2.75) is 0 Å². The van der Waals surface area contributed by atoms with E-state index in [4.69, 9.17) is 16.7 Å². The number of fused-ring (bicyclic) bond motifs is 1. The summed E-state index contributed by atoms with van der Waals surface area (Å²) in [5.74, 6) is -1.01. The molecule has 0 saturated heterocycles. The molecule has 3 nitrogen and oxygen atoms in total. The molecule has 0 atom stereocenters. The van der Waals surface area contributed by atoms with Crippen molar-refractivity contribution in [1.29, 1.82) is 0 Å². The van der Waals surface area contributed by atoms with Gasteiger partial charge in [0.15, 0.2) is 0 Å². The number of carbonyl (C=O) groups is 1. The fraction of sp³-hybridized carbons (Fsp3) is 0. The van der Waals surface area contributed by atoms with Crippen LogP contribution in [-0.4, -0.2) is 16.1 Å². The first-order chi connectivity index (χ1) is 6.18. The van der Waals surface area contributed by atoms with Gasteiger partial charge >= 0.3 is 5.97 Å². The first-order valence-corrected chi connectivity index (χ1v) is 4.70. The molecule has 13 heavy (non-hydrogen) atoms. The molecule has 0 aliphatic carbocycles. The molecule has 0 saturated carbocycles. The molecule has 5 heteroatoms. The molecular weight excluding hydrogens is 210 g/mol. The molecule has 1 aromatic carbocycles. The fourth-order valence-corrected chi connectivity index (χ4v) is 1.98. The summed E-state index contributed by atoms with van der Waals surface area (Å²) in [7, 11) is 0. The van der Waals surface area contributed by atoms with Gasteiger partial charge in [-0.1, -0.05) is 11.6 Å². The van der Waals surface area contributed by atoms with Crippen LogP contribution in [0.5, 0.6) is 0 Å². The molecule has 0 radical (unpaired) electrons. The zero-order chi connectivity index (χ0) is 9.42. The van der Waals surface area contributed by atoms with E-state index in [2.05, 4.69) is 4.98 Å². The Kier molecular flexibility index (Phi) is 1.94. The summed E-state index contributed by atoms with van der Waals surface area (Å²) in [5.41, 5.74) is 2.52. The fourth-order valence-electron chi connectivity index (χ4n) is 1.04. The van der Waals surface area contributed by atoms with E-state index in [-0.39, 0.29) is 10.6 Å². The van der Waals surface area contributed by atoms with Gasteiger partial charge in [0.25, 0.3) is 0 Å². The number of hydrogen-bond donors (Lipinski definition) is 1. The van der Waals surface area contributed by atoms with E-state index >= 15 is 0 Å². The summed E-state index contributed by atoms with van der Waals surface area (Å²) >= 11 is 7.13. The summed E-state index contributed by atoms with van der Waals surface area (Å²) in [5, 5.41) is 8.99. The van der Waals surface area contributed by atoms with Crippen molar-refractivity contribution in [2.24, 2.45) is 0 Å². The van der Waals surface area contributed by atoms with Gasteiger partial charge in [0.1, 0.15) is 0 Å². The number of aromatic nitrogens is 1. The maximum absolute atomic E-state index is 10.7. The van der Waals surface area contributed by atoms with E-state index in [1.165, 1.54) is 17.4 Å². The molecule has 0 fully saturated rings. The third-order valence-electron chi connectivity index (χ3n) is 1.65. The Hall–Kier alpha value is -1.13. The summed E-state index contributed by atoms with van der Waals surface area (Å²) in [6, 6.07) is 3.11. The third kappa shape index (κ3) is 1.38. The lowest BCUT2D eigenvalue weighted by atomic mass is 10.2. The lowest BCUT2D eigenvalue weighted by Gasteiger charge is -1.97. The minimum atomic E-state index is -1.01. The van der Waals surface area contributed by atoms with Crippen LogP contribution in [0.25, 0.3) is 10.2 Å². The third-order valence-corrected chi connectivity index (χ3v) is 2.75. The second-order valence-corrected chi connectivity index (χ2v) is 3.75. The van der Waals surface area contributed by atoms with Gasteiger partial charge in [-0.05, 0) is 12.1 Å². The van der Waals surface area contributed by atoms with Crippen LogP contribution in [0.3, 0.4) is 0 Å². The van der Waals surface area contributed by atoms with E-state index < -0.39 is 5.97 Å². The van der Waals surface area contributed by atoms with Crippen LogP contribution in [0.4, 0.5) is 0 Å². The van der Waals surface area contributed by atoms with E-state index in [0.717, 1.165) is 10.2 Å². The highest BCUT2D eigenvalue weighted by Crippen LogP contribution is 2.25. The van der Waals surface area contributed by atoms with E-state index in [1.807, 2.05) is 0 Å². The largest absolute Gasteiger partial charge is 0.478 e. The summed E-state index contributed by atoms with van der Waals surface area (Å²) < 4.78 is 0.835. The minimum absolute atomic E-state index is 0.124. The molecule has 1 N–H and O–H groups in total. The monoisotopic (exact) mass is 213 g/mol. The number of halogens is 1. The zero-order valence-corrected chi connectivity index (χ0v) is 7.89. The number of benzene rings is 1. The number of aromatic carboxylic acids is 1. The molecule has 1 heterocycles. The quantitative estimate of drug-likeness (QED) is 0.792. The Morgan fingerprint density at radius 2 is 2.31 bits per heavy atom. The lowest BCUT2D eigenvalue weighted by Crippen LogP contribution is -1.96. The van der Waals surface area contributed by atoms with E-state index in [0.29, 0.717) is 0 Å². The number of thiazole rings is 1. The molecule has 66 valence electrons. The number of hydrogen-bond acceptors (Lipinski definition) is 3. The van der Waals surface area contributed by atoms with Crippen LogP contribution in [0.1, 0.15) is 10.4 Å². The predicted molar refractivity (Wildman–Crippen MR) is 51.6 cm³/mol. The highest BCUT2D eigenvalue weighted by Gasteiger charge is 2.10. The minimum Gasteiger partial charge on any atom is -0.478 e. The topological polar surface area (TPSA) is 50.2 Å². The first-order valence-electron chi connectivity index (χ1n) is 3.44. The van der Waals surface area contributed by atoms with Crippen LogP contribution in [0, 0.1) is 0 Å². The molecule has 0 spiro atoms. The summed E-state index contributed by atoms with van der Waals surface area (Å²) in [4.78, 5) is 14.7. The molecule has 1 aromatic heterocycles.